The predicted octanol–water partition coefficient (Wildman–Crippen LogP) is 1.71. The van der Waals surface area contributed by atoms with E-state index in [1.54, 1.807) is 0 Å². The minimum atomic E-state index is -0.929. The Morgan fingerprint density at radius 1 is 1.53 bits per heavy atom. The summed E-state index contributed by atoms with van der Waals surface area (Å²) in [6, 6.07) is 0. The summed E-state index contributed by atoms with van der Waals surface area (Å²) in [4.78, 5) is 25.8. The third-order valence-electron chi connectivity index (χ3n) is 1.64. The number of nitrogens with zero attached hydrogens (tertiary/aromatic N) is 1. The van der Waals surface area contributed by atoms with Crippen LogP contribution in [0.1, 0.15) is 36.1 Å². The summed E-state index contributed by atoms with van der Waals surface area (Å²) in [6.07, 6.45) is -0.229. The van der Waals surface area contributed by atoms with Crippen LogP contribution in [0, 0.1) is 0 Å². The molecule has 0 aromatic carbocycles. The number of thiazole rings is 1. The molecule has 1 aromatic rings. The topological polar surface area (TPSA) is 82.3 Å². The highest BCUT2D eigenvalue weighted by Gasteiger charge is 2.24. The predicted molar refractivity (Wildman–Crippen MR) is 56.4 cm³/mol. The number of nitrogens with two attached hydrogens (primary N) is 1. The van der Waals surface area contributed by atoms with Gasteiger partial charge < -0.3 is 10.5 Å². The second-order valence-corrected chi connectivity index (χ2v) is 4.97. The highest BCUT2D eigenvalue weighted by molar-refractivity contribution is 7.15. The van der Waals surface area contributed by atoms with E-state index in [2.05, 4.69) is 9.72 Å². The second-order valence-electron chi connectivity index (χ2n) is 3.98. The summed E-state index contributed by atoms with van der Waals surface area (Å²) < 4.78 is 4.62. The Kier molecular flexibility index (Phi) is 3.09. The molecule has 1 aromatic heterocycles. The van der Waals surface area contributed by atoms with Crippen LogP contribution in [0.3, 0.4) is 0 Å². The molecule has 0 saturated heterocycles. The normalized spacial score (nSPS) is 11.1. The van der Waals surface area contributed by atoms with Gasteiger partial charge in [-0.2, -0.15) is 0 Å². The zero-order valence-electron chi connectivity index (χ0n) is 8.73. The van der Waals surface area contributed by atoms with Crippen molar-refractivity contribution in [1.29, 1.82) is 0 Å². The van der Waals surface area contributed by atoms with Gasteiger partial charge >= 0.3 is 6.09 Å². The third-order valence-corrected chi connectivity index (χ3v) is 2.50. The van der Waals surface area contributed by atoms with Gasteiger partial charge in [-0.15, -0.1) is 0 Å². The maximum Gasteiger partial charge on any atom is 0.411 e. The smallest absolute Gasteiger partial charge is 0.381 e. The summed E-state index contributed by atoms with van der Waals surface area (Å²) in [6.45, 7) is 5.76. The van der Waals surface area contributed by atoms with Crippen molar-refractivity contribution in [3.8, 4) is 5.19 Å². The Balaban J connectivity index is 3.11. The Morgan fingerprint density at radius 3 is 2.47 bits per heavy atom. The molecule has 1 heterocycles. The van der Waals surface area contributed by atoms with Crippen LogP contribution >= 0.6 is 11.3 Å². The van der Waals surface area contributed by atoms with E-state index < -0.39 is 6.09 Å². The van der Waals surface area contributed by atoms with Crippen LogP contribution in [0.15, 0.2) is 0 Å². The molecule has 5 nitrogen and oxygen atoms in total. The number of carbonyl (C=O) groups excluding carboxylic acids is 2. The molecule has 82 valence electrons. The van der Waals surface area contributed by atoms with Gasteiger partial charge in [-0.25, -0.2) is 9.78 Å². The summed E-state index contributed by atoms with van der Waals surface area (Å²) in [5, 5.41) is 0.106. The molecule has 0 aliphatic rings. The standard InChI is InChI=1S/C9H12N2O3S/c1-9(2,3)6-5(4-12)15-8(11-6)14-7(10)13/h4H,1-3H3,(H2,10,13). The molecule has 2 N–H and O–H groups in total. The monoisotopic (exact) mass is 228 g/mol. The number of rotatable bonds is 2. The number of aromatic nitrogens is 1. The van der Waals surface area contributed by atoms with E-state index in [1.165, 1.54) is 0 Å². The zero-order valence-corrected chi connectivity index (χ0v) is 9.55. The van der Waals surface area contributed by atoms with Crippen molar-refractivity contribution in [3.05, 3.63) is 10.6 Å². The third kappa shape index (κ3) is 2.76. The quantitative estimate of drug-likeness (QED) is 0.781. The molecule has 0 saturated carbocycles. The maximum absolute atomic E-state index is 10.8. The van der Waals surface area contributed by atoms with Crippen molar-refractivity contribution in [3.63, 3.8) is 0 Å². The molecule has 0 spiro atoms. The van der Waals surface area contributed by atoms with E-state index in [1.807, 2.05) is 20.8 Å². The van der Waals surface area contributed by atoms with Crippen LogP contribution in [-0.4, -0.2) is 17.4 Å². The average Bonchev–Trinajstić information content (AvgIpc) is 2.45. The van der Waals surface area contributed by atoms with Crippen molar-refractivity contribution in [2.75, 3.05) is 0 Å². The first-order valence-electron chi connectivity index (χ1n) is 4.28. The minimum absolute atomic E-state index is 0.106. The minimum Gasteiger partial charge on any atom is -0.381 e. The first-order chi connectivity index (χ1) is 6.84. The van der Waals surface area contributed by atoms with Crippen molar-refractivity contribution in [2.24, 2.45) is 5.73 Å². The molecule has 1 rings (SSSR count). The second kappa shape index (κ2) is 3.98. The Morgan fingerprint density at radius 2 is 2.13 bits per heavy atom. The molecule has 6 heteroatoms. The van der Waals surface area contributed by atoms with Crippen LogP contribution in [0.5, 0.6) is 5.19 Å². The highest BCUT2D eigenvalue weighted by atomic mass is 32.1. The Hall–Kier alpha value is -1.43. The summed E-state index contributed by atoms with van der Waals surface area (Å²) in [5.41, 5.74) is 5.19. The molecule has 0 aliphatic heterocycles. The average molecular weight is 228 g/mol. The van der Waals surface area contributed by atoms with Gasteiger partial charge in [0.05, 0.1) is 10.6 Å². The fourth-order valence-corrected chi connectivity index (χ4v) is 2.00. The highest BCUT2D eigenvalue weighted by Crippen LogP contribution is 2.31. The van der Waals surface area contributed by atoms with E-state index in [0.29, 0.717) is 16.9 Å². The lowest BCUT2D eigenvalue weighted by atomic mass is 9.91. The van der Waals surface area contributed by atoms with Gasteiger partial charge in [0.25, 0.3) is 5.19 Å². The van der Waals surface area contributed by atoms with Gasteiger partial charge in [0.1, 0.15) is 0 Å². The molecule has 0 radical (unpaired) electrons. The van der Waals surface area contributed by atoms with Crippen molar-refractivity contribution < 1.29 is 14.3 Å². The SMILES string of the molecule is CC(C)(C)c1nc(OC(N)=O)sc1C=O. The van der Waals surface area contributed by atoms with Crippen LogP contribution in [0.2, 0.25) is 0 Å². The fourth-order valence-electron chi connectivity index (χ4n) is 1.06. The summed E-state index contributed by atoms with van der Waals surface area (Å²) in [5.74, 6) is 0. The Bertz CT molecular complexity index is 393. The maximum atomic E-state index is 10.8. The van der Waals surface area contributed by atoms with Crippen molar-refractivity contribution >= 4 is 23.7 Å². The first-order valence-corrected chi connectivity index (χ1v) is 5.10. The van der Waals surface area contributed by atoms with Gasteiger partial charge in [-0.3, -0.25) is 4.79 Å². The van der Waals surface area contributed by atoms with Crippen molar-refractivity contribution in [2.45, 2.75) is 26.2 Å². The number of carbonyl (C=O) groups is 2. The molecule has 1 amide bonds. The number of ether oxygens (including phenoxy) is 1. The van der Waals surface area contributed by atoms with E-state index >= 15 is 0 Å². The Labute approximate surface area is 91.3 Å². The number of amides is 1. The molecule has 0 atom stereocenters. The zero-order chi connectivity index (χ0) is 11.6. The van der Waals surface area contributed by atoms with Gasteiger partial charge in [0, 0.05) is 5.41 Å². The number of aldehydes is 1. The van der Waals surface area contributed by atoms with Crippen molar-refractivity contribution in [1.82, 2.24) is 4.98 Å². The summed E-state index contributed by atoms with van der Waals surface area (Å²) in [7, 11) is 0. The lowest BCUT2D eigenvalue weighted by Crippen LogP contribution is -2.17. The lowest BCUT2D eigenvalue weighted by Gasteiger charge is -2.15. The number of hydrogen-bond donors (Lipinski definition) is 1. The molecule has 0 bridgehead atoms. The van der Waals surface area contributed by atoms with E-state index in [0.717, 1.165) is 11.3 Å². The molecule has 0 fully saturated rings. The largest absolute Gasteiger partial charge is 0.411 e. The van der Waals surface area contributed by atoms with Gasteiger partial charge in [-0.1, -0.05) is 32.1 Å². The van der Waals surface area contributed by atoms with Gasteiger partial charge in [0.15, 0.2) is 6.29 Å². The summed E-state index contributed by atoms with van der Waals surface area (Å²) >= 11 is 1.01. The number of primary amides is 1. The first kappa shape index (κ1) is 11.6. The molecular formula is C9H12N2O3S. The van der Waals surface area contributed by atoms with Crippen LogP contribution < -0.4 is 10.5 Å². The van der Waals surface area contributed by atoms with E-state index in [9.17, 15) is 9.59 Å². The molecular weight excluding hydrogens is 216 g/mol. The fraction of sp³-hybridized carbons (Fsp3) is 0.444. The van der Waals surface area contributed by atoms with E-state index in [4.69, 9.17) is 5.73 Å². The van der Waals surface area contributed by atoms with Crippen LogP contribution in [0.25, 0.3) is 0 Å². The lowest BCUT2D eigenvalue weighted by molar-refractivity contribution is 0.112. The molecule has 0 unspecified atom stereocenters. The number of hydrogen-bond acceptors (Lipinski definition) is 5. The van der Waals surface area contributed by atoms with Crippen LogP contribution in [-0.2, 0) is 5.41 Å². The van der Waals surface area contributed by atoms with E-state index in [-0.39, 0.29) is 10.6 Å². The van der Waals surface area contributed by atoms with Gasteiger partial charge in [-0.05, 0) is 0 Å². The van der Waals surface area contributed by atoms with Gasteiger partial charge in [0.2, 0.25) is 0 Å². The van der Waals surface area contributed by atoms with Crippen LogP contribution in [0.4, 0.5) is 4.79 Å². The molecule has 0 aliphatic carbocycles. The molecule has 15 heavy (non-hydrogen) atoms.